The first-order valence-corrected chi connectivity index (χ1v) is 13.8. The lowest BCUT2D eigenvalue weighted by Gasteiger charge is -2.61. The number of carbonyl (C=O) groups excluding carboxylic acids is 1. The maximum atomic E-state index is 13.5. The van der Waals surface area contributed by atoms with Gasteiger partial charge >= 0.3 is 5.97 Å². The third-order valence-corrected chi connectivity index (χ3v) is 11.4. The van der Waals surface area contributed by atoms with Gasteiger partial charge in [-0.3, -0.25) is 4.79 Å². The van der Waals surface area contributed by atoms with Crippen LogP contribution in [0.15, 0.2) is 0 Å². The number of rotatable bonds is 5. The highest BCUT2D eigenvalue weighted by molar-refractivity contribution is 5.89. The number of carbonyl (C=O) groups is 2. The number of hydrogen-bond donors (Lipinski definition) is 6. The number of Topliss-reactive ketones (excluding diaryl/α,β-unsaturated/α-hetero) is 1. The van der Waals surface area contributed by atoms with Crippen molar-refractivity contribution < 1.29 is 49.7 Å². The summed E-state index contributed by atoms with van der Waals surface area (Å²) in [6, 6.07) is 0. The summed E-state index contributed by atoms with van der Waals surface area (Å²) in [4.78, 5) is 24.8. The van der Waals surface area contributed by atoms with Gasteiger partial charge in [0.1, 0.15) is 30.5 Å². The molecule has 0 bridgehead atoms. The summed E-state index contributed by atoms with van der Waals surface area (Å²) in [6.07, 6.45) is -1.58. The van der Waals surface area contributed by atoms with Gasteiger partial charge in [-0.25, -0.2) is 4.79 Å². The number of aliphatic hydroxyl groups excluding tert-OH is 4. The monoisotopic (exact) mass is 526 g/mol. The van der Waals surface area contributed by atoms with E-state index >= 15 is 0 Å². The van der Waals surface area contributed by atoms with Crippen LogP contribution in [0.25, 0.3) is 0 Å². The van der Waals surface area contributed by atoms with E-state index < -0.39 is 60.1 Å². The van der Waals surface area contributed by atoms with E-state index in [1.165, 1.54) is 0 Å². The van der Waals surface area contributed by atoms with Crippen molar-refractivity contribution >= 4 is 11.8 Å². The normalized spacial score (nSPS) is 53.6. The predicted molar refractivity (Wildman–Crippen MR) is 128 cm³/mol. The highest BCUT2D eigenvalue weighted by Gasteiger charge is 2.66. The maximum absolute atomic E-state index is 13.5. The molecule has 1 saturated heterocycles. The van der Waals surface area contributed by atoms with Crippen LogP contribution >= 0.6 is 0 Å². The third kappa shape index (κ3) is 4.10. The molecule has 0 aromatic heterocycles. The van der Waals surface area contributed by atoms with Crippen LogP contribution in [-0.2, 0) is 19.1 Å². The molecule has 13 atom stereocenters. The van der Waals surface area contributed by atoms with Crippen molar-refractivity contribution in [2.24, 2.45) is 34.5 Å². The van der Waals surface area contributed by atoms with Crippen LogP contribution in [0.1, 0.15) is 71.6 Å². The van der Waals surface area contributed by atoms with Crippen molar-refractivity contribution in [3.8, 4) is 0 Å². The van der Waals surface area contributed by atoms with Crippen molar-refractivity contribution in [2.75, 3.05) is 6.61 Å². The Labute approximate surface area is 217 Å². The maximum Gasteiger partial charge on any atom is 0.335 e. The molecule has 10 heteroatoms. The molecular formula is C27H42O10. The molecular weight excluding hydrogens is 484 g/mol. The van der Waals surface area contributed by atoms with E-state index in [0.717, 1.165) is 44.9 Å². The van der Waals surface area contributed by atoms with Crippen molar-refractivity contribution in [2.45, 2.75) is 114 Å². The lowest BCUT2D eigenvalue weighted by molar-refractivity contribution is -0.293. The fraction of sp³-hybridized carbons (Fsp3) is 0.926. The minimum absolute atomic E-state index is 0.178. The van der Waals surface area contributed by atoms with Gasteiger partial charge in [0.15, 0.2) is 18.2 Å². The van der Waals surface area contributed by atoms with Crippen LogP contribution in [0.3, 0.4) is 0 Å². The Bertz CT molecular complexity index is 912. The molecule has 4 aliphatic carbocycles. The van der Waals surface area contributed by atoms with Gasteiger partial charge in [-0.1, -0.05) is 13.8 Å². The zero-order chi connectivity index (χ0) is 26.9. The number of aliphatic hydroxyl groups is 5. The van der Waals surface area contributed by atoms with E-state index in [4.69, 9.17) is 9.47 Å². The van der Waals surface area contributed by atoms with Gasteiger partial charge in [0.05, 0.1) is 6.10 Å². The number of ketones is 1. The lowest BCUT2D eigenvalue weighted by Crippen LogP contribution is -2.61. The third-order valence-electron chi connectivity index (χ3n) is 11.4. The fourth-order valence-electron chi connectivity index (χ4n) is 9.18. The van der Waals surface area contributed by atoms with Crippen LogP contribution in [0.5, 0.6) is 0 Å². The van der Waals surface area contributed by atoms with Crippen LogP contribution in [0, 0.1) is 34.5 Å². The SMILES string of the molecule is C[C@]12CCC3[C@@H](CC[C@@H]4C[C@H](O)CC[C@]34C)[C@@H]1CC[C@]2(O)C(=O)CO[C@@H]1O[C@H](C(=O)O)[C@@H](O)[C@H](O)[C@H]1O. The van der Waals surface area contributed by atoms with Crippen molar-refractivity contribution in [3.63, 3.8) is 0 Å². The number of carboxylic acids is 1. The highest BCUT2D eigenvalue weighted by atomic mass is 16.7. The summed E-state index contributed by atoms with van der Waals surface area (Å²) >= 11 is 0. The van der Waals surface area contributed by atoms with Crippen molar-refractivity contribution in [1.29, 1.82) is 0 Å². The van der Waals surface area contributed by atoms with E-state index in [0.29, 0.717) is 30.6 Å². The van der Waals surface area contributed by atoms with Crippen LogP contribution in [0.4, 0.5) is 0 Å². The van der Waals surface area contributed by atoms with Crippen LogP contribution < -0.4 is 0 Å². The van der Waals surface area contributed by atoms with Gasteiger partial charge in [0, 0.05) is 5.41 Å². The van der Waals surface area contributed by atoms with E-state index in [2.05, 4.69) is 6.92 Å². The Morgan fingerprint density at radius 3 is 2.30 bits per heavy atom. The molecule has 5 rings (SSSR count). The largest absolute Gasteiger partial charge is 0.479 e. The number of carboxylic acid groups (broad SMARTS) is 1. The van der Waals surface area contributed by atoms with Gasteiger partial charge < -0.3 is 40.1 Å². The Kier molecular flexibility index (Phi) is 7.04. The average Bonchev–Trinajstić information content (AvgIpc) is 3.14. The van der Waals surface area contributed by atoms with Crippen molar-refractivity contribution in [1.82, 2.24) is 0 Å². The smallest absolute Gasteiger partial charge is 0.335 e. The van der Waals surface area contributed by atoms with E-state index in [-0.39, 0.29) is 17.4 Å². The summed E-state index contributed by atoms with van der Waals surface area (Å²) in [5.41, 5.74) is -2.07. The average molecular weight is 527 g/mol. The first kappa shape index (κ1) is 27.4. The van der Waals surface area contributed by atoms with E-state index in [1.807, 2.05) is 6.92 Å². The summed E-state index contributed by atoms with van der Waals surface area (Å²) < 4.78 is 10.5. The summed E-state index contributed by atoms with van der Waals surface area (Å²) in [6.45, 7) is 3.78. The predicted octanol–water partition coefficient (Wildman–Crippen LogP) is 0.599. The summed E-state index contributed by atoms with van der Waals surface area (Å²) in [5, 5.41) is 61.4. The zero-order valence-electron chi connectivity index (χ0n) is 21.7. The molecule has 0 aromatic carbocycles. The fourth-order valence-corrected chi connectivity index (χ4v) is 9.18. The topological polar surface area (TPSA) is 174 Å². The minimum atomic E-state index is -1.85. The minimum Gasteiger partial charge on any atom is -0.479 e. The first-order valence-electron chi connectivity index (χ1n) is 13.8. The molecule has 4 saturated carbocycles. The molecule has 0 aromatic rings. The molecule has 1 unspecified atom stereocenters. The molecule has 37 heavy (non-hydrogen) atoms. The zero-order valence-corrected chi connectivity index (χ0v) is 21.7. The molecule has 210 valence electrons. The number of hydrogen-bond acceptors (Lipinski definition) is 9. The molecule has 0 spiro atoms. The van der Waals surface area contributed by atoms with E-state index in [9.17, 15) is 40.2 Å². The van der Waals surface area contributed by atoms with E-state index in [1.54, 1.807) is 0 Å². The van der Waals surface area contributed by atoms with Gasteiger partial charge in [-0.15, -0.1) is 0 Å². The Hall–Kier alpha value is -1.14. The quantitative estimate of drug-likeness (QED) is 0.298. The lowest BCUT2D eigenvalue weighted by atomic mass is 9.44. The number of ether oxygens (including phenoxy) is 2. The summed E-state index contributed by atoms with van der Waals surface area (Å²) in [7, 11) is 0. The second-order valence-corrected chi connectivity index (χ2v) is 12.9. The molecule has 1 aliphatic heterocycles. The standard InChI is InChI=1S/C27H42O10/c1-25-8-5-14(28)11-13(25)3-4-15-16(25)6-9-26(2)17(15)7-10-27(26,35)18(29)12-36-24-21(32)19(30)20(31)22(37-24)23(33)34/h13-17,19-22,24,28,30-32,35H,3-12H2,1-2H3,(H,33,34)/t13-,14-,15-,16?,17+,19+,20+,21-,22+,24-,25+,26+,27+/m1/s1. The Morgan fingerprint density at radius 2 is 1.59 bits per heavy atom. The summed E-state index contributed by atoms with van der Waals surface area (Å²) in [5.74, 6) is -0.445. The molecule has 0 radical (unpaired) electrons. The Balaban J connectivity index is 1.28. The number of fused-ring (bicyclic) bond motifs is 5. The molecule has 5 fully saturated rings. The van der Waals surface area contributed by atoms with Crippen molar-refractivity contribution in [3.05, 3.63) is 0 Å². The molecule has 5 aliphatic rings. The van der Waals surface area contributed by atoms with Crippen LogP contribution in [0.2, 0.25) is 0 Å². The first-order chi connectivity index (χ1) is 17.3. The number of aliphatic carboxylic acids is 1. The molecule has 6 N–H and O–H groups in total. The molecule has 0 amide bonds. The highest BCUT2D eigenvalue weighted by Crippen LogP contribution is 2.68. The van der Waals surface area contributed by atoms with Gasteiger partial charge in [0.2, 0.25) is 0 Å². The molecule has 1 heterocycles. The Morgan fingerprint density at radius 1 is 0.892 bits per heavy atom. The van der Waals surface area contributed by atoms with Gasteiger partial charge in [-0.2, -0.15) is 0 Å². The second kappa shape index (κ2) is 9.50. The molecule has 10 nitrogen and oxygen atoms in total. The second-order valence-electron chi connectivity index (χ2n) is 12.9. The van der Waals surface area contributed by atoms with Gasteiger partial charge in [0.25, 0.3) is 0 Å². The van der Waals surface area contributed by atoms with Gasteiger partial charge in [-0.05, 0) is 86.9 Å². The van der Waals surface area contributed by atoms with Crippen LogP contribution in [-0.4, -0.2) is 91.4 Å².